The van der Waals surface area contributed by atoms with Crippen LogP contribution in [0.5, 0.6) is 17.2 Å². The van der Waals surface area contributed by atoms with Crippen LogP contribution in [0, 0.1) is 0 Å². The van der Waals surface area contributed by atoms with E-state index in [0.717, 1.165) is 50.9 Å². The molecule has 0 radical (unpaired) electrons. The maximum absolute atomic E-state index is 13.8. The van der Waals surface area contributed by atoms with Crippen LogP contribution in [0.25, 0.3) is 0 Å². The third-order valence-electron chi connectivity index (χ3n) is 8.85. The number of ether oxygens (including phenoxy) is 3. The Morgan fingerprint density at radius 3 is 2.17 bits per heavy atom. The second-order valence-electron chi connectivity index (χ2n) is 11.1. The summed E-state index contributed by atoms with van der Waals surface area (Å²) in [7, 11) is 4.66. The normalized spacial score (nSPS) is 19.8. The zero-order chi connectivity index (χ0) is 29.0. The number of rotatable bonds is 9. The van der Waals surface area contributed by atoms with Gasteiger partial charge >= 0.3 is 0 Å². The zero-order valence-electron chi connectivity index (χ0n) is 24.0. The first-order valence-electron chi connectivity index (χ1n) is 14.2. The third kappa shape index (κ3) is 6.30. The van der Waals surface area contributed by atoms with Crippen molar-refractivity contribution in [2.24, 2.45) is 0 Å². The van der Waals surface area contributed by atoms with Gasteiger partial charge in [0, 0.05) is 24.1 Å². The fourth-order valence-electron chi connectivity index (χ4n) is 6.43. The van der Waals surface area contributed by atoms with Crippen LogP contribution in [0.3, 0.4) is 0 Å². The van der Waals surface area contributed by atoms with E-state index in [9.17, 15) is 4.79 Å². The number of carbonyl (C=O) groups is 1. The molecule has 2 heterocycles. The summed E-state index contributed by atoms with van der Waals surface area (Å²) < 4.78 is 16.4. The molecule has 41 heavy (non-hydrogen) atoms. The Morgan fingerprint density at radius 1 is 0.878 bits per heavy atom. The minimum absolute atomic E-state index is 0.0603. The molecule has 8 heteroatoms. The van der Waals surface area contributed by atoms with Crippen LogP contribution in [0.15, 0.2) is 60.7 Å². The minimum atomic E-state index is -0.221. The van der Waals surface area contributed by atoms with Gasteiger partial charge in [0.1, 0.15) is 0 Å². The van der Waals surface area contributed by atoms with E-state index in [0.29, 0.717) is 51.9 Å². The van der Waals surface area contributed by atoms with Crippen LogP contribution >= 0.6 is 23.2 Å². The molecule has 3 aromatic rings. The molecule has 1 unspecified atom stereocenters. The molecule has 0 spiro atoms. The summed E-state index contributed by atoms with van der Waals surface area (Å²) in [5.41, 5.74) is 2.86. The van der Waals surface area contributed by atoms with E-state index in [1.807, 2.05) is 17.0 Å². The zero-order valence-corrected chi connectivity index (χ0v) is 25.5. The van der Waals surface area contributed by atoms with E-state index in [1.54, 1.807) is 33.5 Å². The quantitative estimate of drug-likeness (QED) is 0.264. The number of benzene rings is 3. The lowest BCUT2D eigenvalue weighted by atomic mass is 9.76. The molecule has 3 aromatic carbocycles. The van der Waals surface area contributed by atoms with Crippen molar-refractivity contribution in [3.05, 3.63) is 87.4 Å². The molecule has 2 aliphatic rings. The highest BCUT2D eigenvalue weighted by atomic mass is 35.5. The summed E-state index contributed by atoms with van der Waals surface area (Å²) in [4.78, 5) is 18.3. The van der Waals surface area contributed by atoms with Crippen molar-refractivity contribution >= 4 is 29.1 Å². The summed E-state index contributed by atoms with van der Waals surface area (Å²) in [6.07, 6.45) is 4.10. The topological polar surface area (TPSA) is 51.2 Å². The molecule has 0 saturated carbocycles. The van der Waals surface area contributed by atoms with Crippen molar-refractivity contribution in [3.63, 3.8) is 0 Å². The number of halogens is 2. The highest BCUT2D eigenvalue weighted by molar-refractivity contribution is 6.42. The molecule has 0 aliphatic carbocycles. The Bertz CT molecular complexity index is 1340. The third-order valence-corrected chi connectivity index (χ3v) is 9.59. The molecule has 2 saturated heterocycles. The molecule has 1 amide bonds. The number of nitrogens with zero attached hydrogens (tertiary/aromatic N) is 2. The fraction of sp³-hybridized carbons (Fsp3) is 0.424. The molecule has 5 rings (SSSR count). The van der Waals surface area contributed by atoms with Crippen LogP contribution in [-0.4, -0.2) is 69.8 Å². The van der Waals surface area contributed by atoms with Crippen LogP contribution in [0.4, 0.5) is 0 Å². The Balaban J connectivity index is 1.34. The van der Waals surface area contributed by atoms with E-state index in [-0.39, 0.29) is 11.3 Å². The van der Waals surface area contributed by atoms with Gasteiger partial charge < -0.3 is 24.0 Å². The second-order valence-corrected chi connectivity index (χ2v) is 11.9. The van der Waals surface area contributed by atoms with E-state index in [2.05, 4.69) is 41.3 Å². The number of hydrogen-bond acceptors (Lipinski definition) is 5. The van der Waals surface area contributed by atoms with Gasteiger partial charge in [0.2, 0.25) is 5.75 Å². The predicted molar refractivity (Wildman–Crippen MR) is 164 cm³/mol. The number of amides is 1. The molecule has 2 aliphatic heterocycles. The van der Waals surface area contributed by atoms with Crippen molar-refractivity contribution in [1.29, 1.82) is 0 Å². The molecule has 6 nitrogen and oxygen atoms in total. The lowest BCUT2D eigenvalue weighted by molar-refractivity contribution is 0.0779. The van der Waals surface area contributed by atoms with Gasteiger partial charge in [-0.15, -0.1) is 0 Å². The van der Waals surface area contributed by atoms with E-state index in [1.165, 1.54) is 5.56 Å². The lowest BCUT2D eigenvalue weighted by Crippen LogP contribution is -2.40. The molecule has 218 valence electrons. The monoisotopic (exact) mass is 596 g/mol. The highest BCUT2D eigenvalue weighted by Gasteiger charge is 2.42. The molecule has 2 fully saturated rings. The van der Waals surface area contributed by atoms with E-state index >= 15 is 0 Å². The molecule has 0 N–H and O–H groups in total. The Hall–Kier alpha value is -2.93. The van der Waals surface area contributed by atoms with Crippen molar-refractivity contribution in [2.45, 2.75) is 37.0 Å². The maximum Gasteiger partial charge on any atom is 0.254 e. The summed E-state index contributed by atoms with van der Waals surface area (Å²) in [6, 6.07) is 20.2. The smallest absolute Gasteiger partial charge is 0.254 e. The van der Waals surface area contributed by atoms with Gasteiger partial charge in [-0.2, -0.15) is 0 Å². The van der Waals surface area contributed by atoms with Gasteiger partial charge in [-0.1, -0.05) is 59.6 Å². The van der Waals surface area contributed by atoms with Crippen LogP contribution < -0.4 is 14.2 Å². The molecule has 0 aromatic heterocycles. The maximum atomic E-state index is 13.8. The summed E-state index contributed by atoms with van der Waals surface area (Å²) >= 11 is 12.8. The average Bonchev–Trinajstić information content (AvgIpc) is 3.46. The highest BCUT2D eigenvalue weighted by Crippen LogP contribution is 2.43. The first-order chi connectivity index (χ1) is 19.9. The van der Waals surface area contributed by atoms with E-state index < -0.39 is 0 Å². The Kier molecular flexibility index (Phi) is 9.32. The van der Waals surface area contributed by atoms with Crippen molar-refractivity contribution in [3.8, 4) is 17.2 Å². The number of hydrogen-bond donors (Lipinski definition) is 0. The molecular formula is C33H38Cl2N2O4. The Morgan fingerprint density at radius 2 is 1.56 bits per heavy atom. The summed E-state index contributed by atoms with van der Waals surface area (Å²) in [5, 5.41) is 1.08. The number of carbonyl (C=O) groups excluding carboxylic acids is 1. The van der Waals surface area contributed by atoms with Gasteiger partial charge in [-0.05, 0) is 86.6 Å². The lowest BCUT2D eigenvalue weighted by Gasteiger charge is -2.36. The van der Waals surface area contributed by atoms with Gasteiger partial charge in [-0.3, -0.25) is 4.79 Å². The largest absolute Gasteiger partial charge is 0.493 e. The predicted octanol–water partition coefficient (Wildman–Crippen LogP) is 7.07. The first-order valence-corrected chi connectivity index (χ1v) is 14.9. The van der Waals surface area contributed by atoms with Crippen LogP contribution in [0.2, 0.25) is 10.0 Å². The van der Waals surface area contributed by atoms with Gasteiger partial charge in [-0.25, -0.2) is 0 Å². The Labute approximate surface area is 253 Å². The number of methoxy groups -OCH3 is 3. The van der Waals surface area contributed by atoms with Crippen LogP contribution in [0.1, 0.15) is 53.1 Å². The SMILES string of the molecule is COc1cc(C(=O)N2CCC(CCN3CCC(c4ccccc4)CC3)(c3ccc(Cl)c(Cl)c3)C2)cc(OC)c1OC. The van der Waals surface area contributed by atoms with Crippen molar-refractivity contribution < 1.29 is 19.0 Å². The van der Waals surface area contributed by atoms with Crippen molar-refractivity contribution in [1.82, 2.24) is 9.80 Å². The van der Waals surface area contributed by atoms with E-state index in [4.69, 9.17) is 37.4 Å². The first kappa shape index (κ1) is 29.6. The fourth-order valence-corrected chi connectivity index (χ4v) is 6.73. The van der Waals surface area contributed by atoms with Crippen LogP contribution in [-0.2, 0) is 5.41 Å². The standard InChI is InChI=1S/C33H38Cl2N2O4/c1-39-29-19-25(20-30(40-2)31(29)41-3)32(38)37-18-14-33(22-37,26-9-10-27(34)28(35)21-26)13-17-36-15-11-24(12-16-36)23-7-5-4-6-8-23/h4-10,19-21,24H,11-18,22H2,1-3H3. The summed E-state index contributed by atoms with van der Waals surface area (Å²) in [5.74, 6) is 1.95. The van der Waals surface area contributed by atoms with Gasteiger partial charge in [0.05, 0.1) is 31.4 Å². The second kappa shape index (κ2) is 12.9. The summed E-state index contributed by atoms with van der Waals surface area (Å²) in [6.45, 7) is 4.36. The number of likely N-dealkylation sites (tertiary alicyclic amines) is 2. The van der Waals surface area contributed by atoms with Gasteiger partial charge in [0.15, 0.2) is 11.5 Å². The number of piperidine rings is 1. The van der Waals surface area contributed by atoms with Gasteiger partial charge in [0.25, 0.3) is 5.91 Å². The minimum Gasteiger partial charge on any atom is -0.493 e. The molecule has 0 bridgehead atoms. The molecule has 1 atom stereocenters. The van der Waals surface area contributed by atoms with Crippen molar-refractivity contribution in [2.75, 3.05) is 54.1 Å². The molecular weight excluding hydrogens is 559 g/mol. The average molecular weight is 598 g/mol.